The van der Waals surface area contributed by atoms with Gasteiger partial charge in [0.25, 0.3) is 0 Å². The Balaban J connectivity index is 2.14. The summed E-state index contributed by atoms with van der Waals surface area (Å²) in [4.78, 5) is 0. The van der Waals surface area contributed by atoms with Crippen molar-refractivity contribution in [1.82, 2.24) is 5.32 Å². The first-order valence-electron chi connectivity index (χ1n) is 5.15. The van der Waals surface area contributed by atoms with E-state index in [4.69, 9.17) is 0 Å². The molecule has 0 aliphatic carbocycles. The molecule has 3 rings (SSSR count). The van der Waals surface area contributed by atoms with Gasteiger partial charge in [-0.15, -0.1) is 11.3 Å². The van der Waals surface area contributed by atoms with Crippen LogP contribution < -0.4 is 5.32 Å². The maximum atomic E-state index is 3.56. The Labute approximate surface area is 87.8 Å². The predicted molar refractivity (Wildman–Crippen MR) is 61.8 cm³/mol. The molecular formula is C12H13NS. The lowest BCUT2D eigenvalue weighted by Gasteiger charge is -2.11. The van der Waals surface area contributed by atoms with Crippen LogP contribution in [0, 0.1) is 0 Å². The van der Waals surface area contributed by atoms with E-state index < -0.39 is 0 Å². The molecule has 2 heterocycles. The highest BCUT2D eigenvalue weighted by Crippen LogP contribution is 2.32. The van der Waals surface area contributed by atoms with Crippen molar-refractivity contribution >= 4 is 21.4 Å². The second-order valence-electron chi connectivity index (χ2n) is 3.84. The second kappa shape index (κ2) is 3.37. The van der Waals surface area contributed by atoms with Crippen LogP contribution in [-0.4, -0.2) is 6.54 Å². The molecule has 0 radical (unpaired) electrons. The fourth-order valence-electron chi connectivity index (χ4n) is 2.24. The standard InChI is InChI=1S/C12H13NS/c1-3-9-6-8-14-12(9)10(4-1)11-5-2-7-13-11/h1,3-4,6,8,11,13H,2,5,7H2. The van der Waals surface area contributed by atoms with Gasteiger partial charge < -0.3 is 5.32 Å². The summed E-state index contributed by atoms with van der Waals surface area (Å²) in [7, 11) is 0. The Bertz CT molecular complexity index is 440. The quantitative estimate of drug-likeness (QED) is 0.749. The number of thiophene rings is 1. The summed E-state index contributed by atoms with van der Waals surface area (Å²) in [6.07, 6.45) is 2.60. The molecule has 0 saturated carbocycles. The number of benzene rings is 1. The van der Waals surface area contributed by atoms with Crippen molar-refractivity contribution in [2.24, 2.45) is 0 Å². The monoisotopic (exact) mass is 203 g/mol. The van der Waals surface area contributed by atoms with Crippen molar-refractivity contribution in [1.29, 1.82) is 0 Å². The minimum Gasteiger partial charge on any atom is -0.310 e. The van der Waals surface area contributed by atoms with Gasteiger partial charge >= 0.3 is 0 Å². The Hall–Kier alpha value is -0.860. The number of nitrogens with one attached hydrogen (secondary N) is 1. The molecule has 1 nitrogen and oxygen atoms in total. The average Bonchev–Trinajstić information content (AvgIpc) is 2.88. The summed E-state index contributed by atoms with van der Waals surface area (Å²) in [6.45, 7) is 1.17. The second-order valence-corrected chi connectivity index (χ2v) is 4.75. The van der Waals surface area contributed by atoms with Gasteiger partial charge in [-0.3, -0.25) is 0 Å². The highest BCUT2D eigenvalue weighted by molar-refractivity contribution is 7.17. The van der Waals surface area contributed by atoms with Crippen molar-refractivity contribution in [3.63, 3.8) is 0 Å². The first-order chi connectivity index (χ1) is 6.95. The highest BCUT2D eigenvalue weighted by atomic mass is 32.1. The average molecular weight is 203 g/mol. The first kappa shape index (κ1) is 8.45. The third kappa shape index (κ3) is 1.26. The molecule has 0 bridgehead atoms. The molecule has 2 heteroatoms. The summed E-state index contributed by atoms with van der Waals surface area (Å²) < 4.78 is 1.46. The lowest BCUT2D eigenvalue weighted by molar-refractivity contribution is 0.653. The minimum atomic E-state index is 0.595. The van der Waals surface area contributed by atoms with Gasteiger partial charge in [-0.25, -0.2) is 0 Å². The Morgan fingerprint density at radius 1 is 1.29 bits per heavy atom. The zero-order valence-corrected chi connectivity index (χ0v) is 8.81. The first-order valence-corrected chi connectivity index (χ1v) is 6.02. The molecular weight excluding hydrogens is 190 g/mol. The Morgan fingerprint density at radius 3 is 3.14 bits per heavy atom. The summed E-state index contributed by atoms with van der Waals surface area (Å²) >= 11 is 1.86. The zero-order chi connectivity index (χ0) is 9.38. The predicted octanol–water partition coefficient (Wildman–Crippen LogP) is 3.33. The third-order valence-electron chi connectivity index (χ3n) is 2.95. The topological polar surface area (TPSA) is 12.0 Å². The van der Waals surface area contributed by atoms with Crippen LogP contribution in [0.1, 0.15) is 24.4 Å². The van der Waals surface area contributed by atoms with Gasteiger partial charge in [0.05, 0.1) is 0 Å². The molecule has 1 atom stereocenters. The van der Waals surface area contributed by atoms with E-state index in [9.17, 15) is 0 Å². The summed E-state index contributed by atoms with van der Waals surface area (Å²) in [6, 6.07) is 9.44. The molecule has 72 valence electrons. The number of hydrogen-bond donors (Lipinski definition) is 1. The van der Waals surface area contributed by atoms with E-state index in [2.05, 4.69) is 35.0 Å². The SMILES string of the molecule is c1cc(C2CCCN2)c2sccc2c1. The third-order valence-corrected chi connectivity index (χ3v) is 3.92. The Morgan fingerprint density at radius 2 is 2.29 bits per heavy atom. The van der Waals surface area contributed by atoms with E-state index >= 15 is 0 Å². The van der Waals surface area contributed by atoms with Crippen LogP contribution in [0.5, 0.6) is 0 Å². The molecule has 1 saturated heterocycles. The van der Waals surface area contributed by atoms with Crippen molar-refractivity contribution in [3.8, 4) is 0 Å². The van der Waals surface area contributed by atoms with Crippen LogP contribution in [0.15, 0.2) is 29.6 Å². The fraction of sp³-hybridized carbons (Fsp3) is 0.333. The van der Waals surface area contributed by atoms with E-state index in [-0.39, 0.29) is 0 Å². The van der Waals surface area contributed by atoms with Gasteiger partial charge in [0.1, 0.15) is 0 Å². The fourth-order valence-corrected chi connectivity index (χ4v) is 3.21. The zero-order valence-electron chi connectivity index (χ0n) is 7.99. The lowest BCUT2D eigenvalue weighted by atomic mass is 10.0. The van der Waals surface area contributed by atoms with Gasteiger partial charge in [0, 0.05) is 10.7 Å². The van der Waals surface area contributed by atoms with Crippen molar-refractivity contribution in [2.45, 2.75) is 18.9 Å². The van der Waals surface area contributed by atoms with Crippen molar-refractivity contribution < 1.29 is 0 Å². The molecule has 1 unspecified atom stereocenters. The molecule has 14 heavy (non-hydrogen) atoms. The maximum absolute atomic E-state index is 3.56. The smallest absolute Gasteiger partial charge is 0.0390 e. The molecule has 0 spiro atoms. The van der Waals surface area contributed by atoms with Gasteiger partial charge in [-0.2, -0.15) is 0 Å². The largest absolute Gasteiger partial charge is 0.310 e. The Kier molecular flexibility index (Phi) is 2.03. The van der Waals surface area contributed by atoms with Crippen LogP contribution >= 0.6 is 11.3 Å². The lowest BCUT2D eigenvalue weighted by Crippen LogP contribution is -2.12. The molecule has 1 aromatic carbocycles. The number of hydrogen-bond acceptors (Lipinski definition) is 2. The van der Waals surface area contributed by atoms with Gasteiger partial charge in [-0.05, 0) is 41.8 Å². The minimum absolute atomic E-state index is 0.595. The summed E-state index contributed by atoms with van der Waals surface area (Å²) in [5, 5.41) is 7.14. The number of rotatable bonds is 1. The summed E-state index contributed by atoms with van der Waals surface area (Å²) in [5.41, 5.74) is 1.50. The molecule has 1 fully saturated rings. The van der Waals surface area contributed by atoms with E-state index in [1.165, 1.54) is 35.0 Å². The molecule has 0 amide bonds. The highest BCUT2D eigenvalue weighted by Gasteiger charge is 2.18. The molecule has 1 aromatic heterocycles. The van der Waals surface area contributed by atoms with Crippen LogP contribution in [0.25, 0.3) is 10.1 Å². The molecule has 1 aliphatic rings. The van der Waals surface area contributed by atoms with Crippen LogP contribution in [0.3, 0.4) is 0 Å². The van der Waals surface area contributed by atoms with Crippen molar-refractivity contribution in [3.05, 3.63) is 35.2 Å². The van der Waals surface area contributed by atoms with Gasteiger partial charge in [0.2, 0.25) is 0 Å². The van der Waals surface area contributed by atoms with E-state index in [1.54, 1.807) is 0 Å². The van der Waals surface area contributed by atoms with Gasteiger partial charge in [0.15, 0.2) is 0 Å². The van der Waals surface area contributed by atoms with E-state index in [0.717, 1.165) is 0 Å². The maximum Gasteiger partial charge on any atom is 0.0390 e. The number of fused-ring (bicyclic) bond motifs is 1. The summed E-state index contributed by atoms with van der Waals surface area (Å²) in [5.74, 6) is 0. The molecule has 1 N–H and O–H groups in total. The van der Waals surface area contributed by atoms with E-state index in [1.807, 2.05) is 11.3 Å². The van der Waals surface area contributed by atoms with Crippen LogP contribution in [0.4, 0.5) is 0 Å². The van der Waals surface area contributed by atoms with Crippen molar-refractivity contribution in [2.75, 3.05) is 6.54 Å². The molecule has 2 aromatic rings. The van der Waals surface area contributed by atoms with E-state index in [0.29, 0.717) is 6.04 Å². The van der Waals surface area contributed by atoms with Crippen LogP contribution in [-0.2, 0) is 0 Å². The normalized spacial score (nSPS) is 21.9. The molecule has 1 aliphatic heterocycles. The van der Waals surface area contributed by atoms with Gasteiger partial charge in [-0.1, -0.05) is 18.2 Å². The van der Waals surface area contributed by atoms with Crippen LogP contribution in [0.2, 0.25) is 0 Å².